The van der Waals surface area contributed by atoms with Crippen LogP contribution in [0.3, 0.4) is 0 Å². The summed E-state index contributed by atoms with van der Waals surface area (Å²) in [7, 11) is 0. The van der Waals surface area contributed by atoms with Gasteiger partial charge in [-0.15, -0.1) is 0 Å². The minimum Gasteiger partial charge on any atom is -0.338 e. The third-order valence-corrected chi connectivity index (χ3v) is 1.89. The maximum atomic E-state index is 11.0. The van der Waals surface area contributed by atoms with Crippen LogP contribution in [0.1, 0.15) is 27.2 Å². The molecule has 0 atom stereocenters. The highest BCUT2D eigenvalue weighted by molar-refractivity contribution is 5.73. The van der Waals surface area contributed by atoms with E-state index in [0.717, 1.165) is 6.42 Å². The van der Waals surface area contributed by atoms with E-state index < -0.39 is 0 Å². The summed E-state index contributed by atoms with van der Waals surface area (Å²) in [4.78, 5) is 11.0. The van der Waals surface area contributed by atoms with Gasteiger partial charge >= 0.3 is 6.03 Å². The monoisotopic (exact) mass is 187 g/mol. The molecule has 0 aromatic carbocycles. The molecule has 0 aliphatic carbocycles. The Bertz CT molecular complexity index is 157. The van der Waals surface area contributed by atoms with Gasteiger partial charge in [0.15, 0.2) is 0 Å². The SMILES string of the molecule is CCNC(=O)NCC(C)(C)CCN. The van der Waals surface area contributed by atoms with Crippen molar-refractivity contribution in [2.45, 2.75) is 27.2 Å². The van der Waals surface area contributed by atoms with Crippen LogP contribution in [0.5, 0.6) is 0 Å². The maximum absolute atomic E-state index is 11.0. The van der Waals surface area contributed by atoms with Crippen LogP contribution in [0.4, 0.5) is 4.79 Å². The molecule has 0 aliphatic heterocycles. The summed E-state index contributed by atoms with van der Waals surface area (Å²) in [6.45, 7) is 8.05. The van der Waals surface area contributed by atoms with Crippen molar-refractivity contribution in [3.8, 4) is 0 Å². The predicted molar refractivity (Wildman–Crippen MR) is 54.5 cm³/mol. The summed E-state index contributed by atoms with van der Waals surface area (Å²) in [5.74, 6) is 0. The van der Waals surface area contributed by atoms with Gasteiger partial charge in [0.1, 0.15) is 0 Å². The summed E-state index contributed by atoms with van der Waals surface area (Å²) in [5.41, 5.74) is 5.53. The third-order valence-electron chi connectivity index (χ3n) is 1.89. The number of nitrogens with two attached hydrogens (primary N) is 1. The van der Waals surface area contributed by atoms with Crippen molar-refractivity contribution in [2.75, 3.05) is 19.6 Å². The Hall–Kier alpha value is -0.770. The molecule has 0 aliphatic rings. The zero-order chi connectivity index (χ0) is 10.3. The number of nitrogens with one attached hydrogen (secondary N) is 2. The van der Waals surface area contributed by atoms with Gasteiger partial charge in [0.25, 0.3) is 0 Å². The minimum atomic E-state index is -0.104. The smallest absolute Gasteiger partial charge is 0.314 e. The van der Waals surface area contributed by atoms with Gasteiger partial charge in [-0.05, 0) is 25.3 Å². The molecule has 4 heteroatoms. The molecule has 0 spiro atoms. The zero-order valence-corrected chi connectivity index (χ0v) is 8.81. The number of urea groups is 1. The Morgan fingerprint density at radius 2 is 2.00 bits per heavy atom. The molecule has 0 fully saturated rings. The normalized spacial score (nSPS) is 11.1. The third kappa shape index (κ3) is 6.40. The van der Waals surface area contributed by atoms with E-state index in [-0.39, 0.29) is 11.4 Å². The predicted octanol–water partition coefficient (Wildman–Crippen LogP) is 0.681. The van der Waals surface area contributed by atoms with Crippen molar-refractivity contribution in [1.82, 2.24) is 10.6 Å². The van der Waals surface area contributed by atoms with Crippen molar-refractivity contribution < 1.29 is 4.79 Å². The average molecular weight is 187 g/mol. The van der Waals surface area contributed by atoms with Gasteiger partial charge in [-0.2, -0.15) is 0 Å². The fraction of sp³-hybridized carbons (Fsp3) is 0.889. The van der Waals surface area contributed by atoms with Crippen LogP contribution < -0.4 is 16.4 Å². The Kier molecular flexibility index (Phi) is 5.46. The lowest BCUT2D eigenvalue weighted by Crippen LogP contribution is -2.41. The summed E-state index contributed by atoms with van der Waals surface area (Å²) in [6.07, 6.45) is 0.916. The van der Waals surface area contributed by atoms with Gasteiger partial charge < -0.3 is 16.4 Å². The van der Waals surface area contributed by atoms with Crippen LogP contribution in [0, 0.1) is 5.41 Å². The molecule has 0 aromatic heterocycles. The first-order valence-electron chi connectivity index (χ1n) is 4.73. The van der Waals surface area contributed by atoms with E-state index in [9.17, 15) is 4.79 Å². The topological polar surface area (TPSA) is 67.2 Å². The van der Waals surface area contributed by atoms with Gasteiger partial charge in [0.2, 0.25) is 0 Å². The molecule has 2 amide bonds. The molecule has 0 saturated heterocycles. The highest BCUT2D eigenvalue weighted by atomic mass is 16.2. The molecule has 0 heterocycles. The molecule has 0 radical (unpaired) electrons. The van der Waals surface area contributed by atoms with Crippen LogP contribution in [0.2, 0.25) is 0 Å². The van der Waals surface area contributed by atoms with Crippen molar-refractivity contribution in [3.63, 3.8) is 0 Å². The van der Waals surface area contributed by atoms with Crippen LogP contribution in [-0.2, 0) is 0 Å². The molecule has 4 N–H and O–H groups in total. The molecule has 0 unspecified atom stereocenters. The van der Waals surface area contributed by atoms with Crippen LogP contribution in [-0.4, -0.2) is 25.7 Å². The molecule has 13 heavy (non-hydrogen) atoms. The number of carbonyl (C=O) groups excluding carboxylic acids is 1. The second kappa shape index (κ2) is 5.80. The molecular formula is C9H21N3O. The van der Waals surface area contributed by atoms with Crippen LogP contribution in [0.25, 0.3) is 0 Å². The van der Waals surface area contributed by atoms with E-state index in [1.807, 2.05) is 6.92 Å². The first kappa shape index (κ1) is 12.2. The van der Waals surface area contributed by atoms with Crippen LogP contribution in [0.15, 0.2) is 0 Å². The Morgan fingerprint density at radius 3 is 2.46 bits per heavy atom. The van der Waals surface area contributed by atoms with Crippen molar-refractivity contribution >= 4 is 6.03 Å². The van der Waals surface area contributed by atoms with Crippen LogP contribution >= 0.6 is 0 Å². The molecule has 4 nitrogen and oxygen atoms in total. The lowest BCUT2D eigenvalue weighted by Gasteiger charge is -2.24. The van der Waals surface area contributed by atoms with E-state index >= 15 is 0 Å². The van der Waals surface area contributed by atoms with Gasteiger partial charge in [0.05, 0.1) is 0 Å². The van der Waals surface area contributed by atoms with E-state index in [1.165, 1.54) is 0 Å². The molecular weight excluding hydrogens is 166 g/mol. The lowest BCUT2D eigenvalue weighted by atomic mass is 9.89. The first-order valence-corrected chi connectivity index (χ1v) is 4.73. The molecule has 0 bridgehead atoms. The van der Waals surface area contributed by atoms with E-state index in [1.54, 1.807) is 0 Å². The van der Waals surface area contributed by atoms with Gasteiger partial charge in [-0.3, -0.25) is 0 Å². The average Bonchev–Trinajstić information content (AvgIpc) is 2.02. The molecule has 0 saturated carbocycles. The molecule has 0 aromatic rings. The van der Waals surface area contributed by atoms with Crippen molar-refractivity contribution in [2.24, 2.45) is 11.1 Å². The Balaban J connectivity index is 3.67. The molecule has 0 rings (SSSR count). The largest absolute Gasteiger partial charge is 0.338 e. The number of rotatable bonds is 5. The lowest BCUT2D eigenvalue weighted by molar-refractivity contribution is 0.232. The summed E-state index contributed by atoms with van der Waals surface area (Å²) < 4.78 is 0. The zero-order valence-electron chi connectivity index (χ0n) is 8.81. The van der Waals surface area contributed by atoms with E-state index in [2.05, 4.69) is 24.5 Å². The van der Waals surface area contributed by atoms with Crippen molar-refractivity contribution in [3.05, 3.63) is 0 Å². The summed E-state index contributed by atoms with van der Waals surface area (Å²) in [6, 6.07) is -0.104. The maximum Gasteiger partial charge on any atom is 0.314 e. The van der Waals surface area contributed by atoms with E-state index in [4.69, 9.17) is 5.73 Å². The first-order chi connectivity index (χ1) is 6.02. The Labute approximate surface area is 80.3 Å². The van der Waals surface area contributed by atoms with Gasteiger partial charge in [-0.25, -0.2) is 4.79 Å². The summed E-state index contributed by atoms with van der Waals surface area (Å²) >= 11 is 0. The summed E-state index contributed by atoms with van der Waals surface area (Å²) in [5, 5.41) is 5.48. The second-order valence-corrected chi connectivity index (χ2v) is 3.92. The Morgan fingerprint density at radius 1 is 1.38 bits per heavy atom. The molecule has 78 valence electrons. The quantitative estimate of drug-likeness (QED) is 0.592. The number of carbonyl (C=O) groups is 1. The van der Waals surface area contributed by atoms with Crippen molar-refractivity contribution in [1.29, 1.82) is 0 Å². The number of hydrogen-bond acceptors (Lipinski definition) is 2. The fourth-order valence-corrected chi connectivity index (χ4v) is 1.02. The minimum absolute atomic E-state index is 0.0832. The van der Waals surface area contributed by atoms with Gasteiger partial charge in [0, 0.05) is 13.1 Å². The van der Waals surface area contributed by atoms with Gasteiger partial charge in [-0.1, -0.05) is 13.8 Å². The number of amides is 2. The number of hydrogen-bond donors (Lipinski definition) is 3. The standard InChI is InChI=1S/C9H21N3O/c1-4-11-8(13)12-7-9(2,3)5-6-10/h4-7,10H2,1-3H3,(H2,11,12,13). The highest BCUT2D eigenvalue weighted by Gasteiger charge is 2.17. The second-order valence-electron chi connectivity index (χ2n) is 3.92. The highest BCUT2D eigenvalue weighted by Crippen LogP contribution is 2.17. The van der Waals surface area contributed by atoms with E-state index in [0.29, 0.717) is 19.6 Å². The fourth-order valence-electron chi connectivity index (χ4n) is 1.02.